The van der Waals surface area contributed by atoms with Crippen molar-refractivity contribution in [1.82, 2.24) is 14.8 Å². The number of anilines is 1. The van der Waals surface area contributed by atoms with E-state index in [1.54, 1.807) is 12.3 Å². The van der Waals surface area contributed by atoms with Gasteiger partial charge in [0.2, 0.25) is 0 Å². The lowest BCUT2D eigenvalue weighted by Gasteiger charge is -2.37. The maximum absolute atomic E-state index is 11.8. The van der Waals surface area contributed by atoms with Gasteiger partial charge in [-0.05, 0) is 7.05 Å². The Balaban J connectivity index is 1.78. The summed E-state index contributed by atoms with van der Waals surface area (Å²) in [5.74, 6) is 1.23. The standard InChI is InChI=1S/C14H15ClN6O/c1-19-2-4-20(5-3-19)13-14-18-12(22)8-21(14)10-6-11(15)16-7-9(10)17-13/h6-7H,2-5,8H2,1H3. The fourth-order valence-corrected chi connectivity index (χ4v) is 3.06. The van der Waals surface area contributed by atoms with Crippen LogP contribution < -0.4 is 4.90 Å². The zero-order chi connectivity index (χ0) is 15.3. The first kappa shape index (κ1) is 13.7. The van der Waals surface area contributed by atoms with E-state index in [-0.39, 0.29) is 12.5 Å². The van der Waals surface area contributed by atoms with E-state index in [1.165, 1.54) is 0 Å². The van der Waals surface area contributed by atoms with Crippen LogP contribution >= 0.6 is 11.6 Å². The van der Waals surface area contributed by atoms with Crippen LogP contribution in [0.4, 0.5) is 11.4 Å². The number of hydrogen-bond donors (Lipinski definition) is 0. The van der Waals surface area contributed by atoms with Crippen LogP contribution in [-0.4, -0.2) is 72.1 Å². The van der Waals surface area contributed by atoms with Crippen molar-refractivity contribution < 1.29 is 4.79 Å². The van der Waals surface area contributed by atoms with E-state index in [4.69, 9.17) is 16.6 Å². The molecule has 0 bridgehead atoms. The van der Waals surface area contributed by atoms with Crippen LogP contribution in [-0.2, 0) is 4.79 Å². The minimum atomic E-state index is -0.155. The van der Waals surface area contributed by atoms with Crippen molar-refractivity contribution in [3.63, 3.8) is 0 Å². The summed E-state index contributed by atoms with van der Waals surface area (Å²) in [6.07, 6.45) is 1.65. The summed E-state index contributed by atoms with van der Waals surface area (Å²) in [4.78, 5) is 31.1. The number of aromatic nitrogens is 1. The Kier molecular flexibility index (Phi) is 3.12. The molecule has 0 aromatic carbocycles. The van der Waals surface area contributed by atoms with E-state index in [1.807, 2.05) is 4.90 Å². The van der Waals surface area contributed by atoms with E-state index < -0.39 is 0 Å². The molecule has 0 N–H and O–H groups in total. The van der Waals surface area contributed by atoms with E-state index in [0.717, 1.165) is 43.4 Å². The number of halogens is 1. The topological polar surface area (TPSA) is 64.4 Å². The Labute approximate surface area is 132 Å². The number of amidine groups is 2. The van der Waals surface area contributed by atoms with Gasteiger partial charge < -0.3 is 14.7 Å². The largest absolute Gasteiger partial charge is 0.351 e. The third-order valence-corrected chi connectivity index (χ3v) is 4.33. The molecule has 4 heterocycles. The molecule has 3 aliphatic heterocycles. The molecule has 0 spiro atoms. The van der Waals surface area contributed by atoms with Crippen molar-refractivity contribution in [3.8, 4) is 0 Å². The van der Waals surface area contributed by atoms with Gasteiger partial charge in [0.05, 0.1) is 11.9 Å². The van der Waals surface area contributed by atoms with E-state index in [2.05, 4.69) is 26.8 Å². The number of carbonyl (C=O) groups excluding carboxylic acids is 1. The zero-order valence-electron chi connectivity index (χ0n) is 12.2. The molecule has 1 amide bonds. The summed E-state index contributed by atoms with van der Waals surface area (Å²) < 4.78 is 0. The predicted octanol–water partition coefficient (Wildman–Crippen LogP) is 0.771. The maximum atomic E-state index is 11.8. The maximum Gasteiger partial charge on any atom is 0.267 e. The lowest BCUT2D eigenvalue weighted by molar-refractivity contribution is -0.115. The second kappa shape index (κ2) is 5.03. The van der Waals surface area contributed by atoms with Crippen LogP contribution in [0.5, 0.6) is 0 Å². The molecule has 8 heteroatoms. The SMILES string of the molecule is CN1CCN(C2=Nc3cnc(Cl)cc3N3CC(=O)N=C23)CC1. The van der Waals surface area contributed by atoms with Crippen LogP contribution in [0.15, 0.2) is 22.2 Å². The Hall–Kier alpha value is -1.99. The van der Waals surface area contributed by atoms with E-state index >= 15 is 0 Å². The molecule has 0 aliphatic carbocycles. The number of hydrogen-bond acceptors (Lipinski definition) is 6. The molecule has 1 aromatic rings. The molecule has 3 aliphatic rings. The molecule has 114 valence electrons. The average molecular weight is 319 g/mol. The lowest BCUT2D eigenvalue weighted by Crippen LogP contribution is -2.52. The van der Waals surface area contributed by atoms with Gasteiger partial charge in [0.1, 0.15) is 17.4 Å². The highest BCUT2D eigenvalue weighted by Crippen LogP contribution is 2.36. The normalized spacial score (nSPS) is 21.5. The van der Waals surface area contributed by atoms with Crippen molar-refractivity contribution in [2.75, 3.05) is 44.7 Å². The van der Waals surface area contributed by atoms with E-state index in [0.29, 0.717) is 11.0 Å². The summed E-state index contributed by atoms with van der Waals surface area (Å²) in [6.45, 7) is 3.90. The Morgan fingerprint density at radius 1 is 1.14 bits per heavy atom. The van der Waals surface area contributed by atoms with E-state index in [9.17, 15) is 4.79 Å². The number of carbonyl (C=O) groups is 1. The Morgan fingerprint density at radius 2 is 1.91 bits per heavy atom. The zero-order valence-corrected chi connectivity index (χ0v) is 12.9. The molecule has 0 saturated carbocycles. The molecule has 22 heavy (non-hydrogen) atoms. The summed E-state index contributed by atoms with van der Waals surface area (Å²) >= 11 is 5.98. The summed E-state index contributed by atoms with van der Waals surface area (Å²) in [6, 6.07) is 1.73. The summed E-state index contributed by atoms with van der Waals surface area (Å²) in [5, 5.41) is 0.385. The molecule has 1 aromatic heterocycles. The number of aliphatic imine (C=N–C) groups is 2. The highest BCUT2D eigenvalue weighted by atomic mass is 35.5. The van der Waals surface area contributed by atoms with Gasteiger partial charge in [-0.15, -0.1) is 0 Å². The van der Waals surface area contributed by atoms with Gasteiger partial charge in [-0.25, -0.2) is 9.98 Å². The predicted molar refractivity (Wildman–Crippen MR) is 85.2 cm³/mol. The van der Waals surface area contributed by atoms with Gasteiger partial charge in [0.25, 0.3) is 5.91 Å². The molecular weight excluding hydrogens is 304 g/mol. The van der Waals surface area contributed by atoms with Crippen LogP contribution in [0.3, 0.4) is 0 Å². The molecule has 4 rings (SSSR count). The van der Waals surface area contributed by atoms with Gasteiger partial charge in [-0.1, -0.05) is 11.6 Å². The fourth-order valence-electron chi connectivity index (χ4n) is 2.90. The number of fused-ring (bicyclic) bond motifs is 3. The van der Waals surface area contributed by atoms with Gasteiger partial charge in [-0.2, -0.15) is 4.99 Å². The lowest BCUT2D eigenvalue weighted by atomic mass is 10.2. The van der Waals surface area contributed by atoms with Crippen molar-refractivity contribution in [2.24, 2.45) is 9.98 Å². The summed E-state index contributed by atoms with van der Waals surface area (Å²) in [7, 11) is 2.10. The first-order chi connectivity index (χ1) is 10.6. The monoisotopic (exact) mass is 318 g/mol. The van der Waals surface area contributed by atoms with Crippen molar-refractivity contribution >= 4 is 40.6 Å². The second-order valence-electron chi connectivity index (χ2n) is 5.64. The third-order valence-electron chi connectivity index (χ3n) is 4.13. The van der Waals surface area contributed by atoms with Crippen LogP contribution in [0.25, 0.3) is 0 Å². The minimum absolute atomic E-state index is 0.155. The van der Waals surface area contributed by atoms with Gasteiger partial charge in [0.15, 0.2) is 11.7 Å². The fraction of sp³-hybridized carbons (Fsp3) is 0.429. The quantitative estimate of drug-likeness (QED) is 0.661. The molecule has 7 nitrogen and oxygen atoms in total. The number of likely N-dealkylation sites (N-methyl/N-ethyl adjacent to an activating group) is 1. The number of piperazine rings is 1. The van der Waals surface area contributed by atoms with Crippen LogP contribution in [0.1, 0.15) is 0 Å². The molecule has 0 radical (unpaired) electrons. The number of amides is 1. The first-order valence-corrected chi connectivity index (χ1v) is 7.57. The smallest absolute Gasteiger partial charge is 0.267 e. The first-order valence-electron chi connectivity index (χ1n) is 7.19. The molecule has 0 atom stereocenters. The number of nitrogens with zero attached hydrogens (tertiary/aromatic N) is 6. The molecule has 1 saturated heterocycles. The summed E-state index contributed by atoms with van der Waals surface area (Å²) in [5.41, 5.74) is 1.52. The van der Waals surface area contributed by atoms with Crippen LogP contribution in [0.2, 0.25) is 5.15 Å². The van der Waals surface area contributed by atoms with Crippen molar-refractivity contribution in [3.05, 3.63) is 17.4 Å². The van der Waals surface area contributed by atoms with Crippen molar-refractivity contribution in [2.45, 2.75) is 0 Å². The molecular formula is C14H15ClN6O. The third kappa shape index (κ3) is 2.17. The molecule has 0 unspecified atom stereocenters. The Morgan fingerprint density at radius 3 is 2.68 bits per heavy atom. The van der Waals surface area contributed by atoms with Crippen LogP contribution in [0, 0.1) is 0 Å². The minimum Gasteiger partial charge on any atom is -0.351 e. The molecule has 1 fully saturated rings. The number of rotatable bonds is 0. The van der Waals surface area contributed by atoms with Gasteiger partial charge >= 0.3 is 0 Å². The second-order valence-corrected chi connectivity index (χ2v) is 6.02. The number of pyridine rings is 1. The highest BCUT2D eigenvalue weighted by molar-refractivity contribution is 6.50. The Bertz CT molecular complexity index is 707. The van der Waals surface area contributed by atoms with Crippen molar-refractivity contribution in [1.29, 1.82) is 0 Å². The highest BCUT2D eigenvalue weighted by Gasteiger charge is 2.36. The van der Waals surface area contributed by atoms with Gasteiger partial charge in [0, 0.05) is 32.2 Å². The van der Waals surface area contributed by atoms with Gasteiger partial charge in [-0.3, -0.25) is 4.79 Å². The average Bonchev–Trinajstić information content (AvgIpc) is 2.89.